The topological polar surface area (TPSA) is 52.0 Å². The molecular formula is C11H18N2. The minimum absolute atomic E-state index is 0.266. The number of nitrogen functional groups attached to an aromatic ring is 1. The van der Waals surface area contributed by atoms with E-state index in [4.69, 9.17) is 11.5 Å². The zero-order chi connectivity index (χ0) is 9.84. The van der Waals surface area contributed by atoms with Gasteiger partial charge in [0.1, 0.15) is 0 Å². The molecule has 0 spiro atoms. The minimum Gasteiger partial charge on any atom is -0.399 e. The summed E-state index contributed by atoms with van der Waals surface area (Å²) in [7, 11) is 0. The summed E-state index contributed by atoms with van der Waals surface area (Å²) in [5, 5.41) is 0. The lowest BCUT2D eigenvalue weighted by Crippen LogP contribution is -2.15. The Morgan fingerprint density at radius 3 is 2.62 bits per heavy atom. The molecule has 0 aliphatic heterocycles. The quantitative estimate of drug-likeness (QED) is 0.694. The van der Waals surface area contributed by atoms with Crippen molar-refractivity contribution in [1.82, 2.24) is 0 Å². The van der Waals surface area contributed by atoms with Crippen molar-refractivity contribution in [1.29, 1.82) is 0 Å². The molecule has 0 saturated carbocycles. The standard InChI is InChI=1S/C11H18N2/c1-8-3-5-10(7-11(8)13)6-4-9(2)12/h3,5,7,9H,4,6,12-13H2,1-2H3. The summed E-state index contributed by atoms with van der Waals surface area (Å²) in [6.07, 6.45) is 2.03. The van der Waals surface area contributed by atoms with Gasteiger partial charge in [-0.3, -0.25) is 0 Å². The van der Waals surface area contributed by atoms with Crippen molar-refractivity contribution in [2.45, 2.75) is 32.7 Å². The molecule has 72 valence electrons. The van der Waals surface area contributed by atoms with E-state index < -0.39 is 0 Å². The van der Waals surface area contributed by atoms with Gasteiger partial charge in [0, 0.05) is 11.7 Å². The molecule has 13 heavy (non-hydrogen) atoms. The molecule has 1 rings (SSSR count). The fourth-order valence-corrected chi connectivity index (χ4v) is 1.24. The van der Waals surface area contributed by atoms with Gasteiger partial charge in [0.25, 0.3) is 0 Å². The summed E-state index contributed by atoms with van der Waals surface area (Å²) in [5.41, 5.74) is 14.8. The van der Waals surface area contributed by atoms with Gasteiger partial charge in [-0.1, -0.05) is 12.1 Å². The fourth-order valence-electron chi connectivity index (χ4n) is 1.24. The largest absolute Gasteiger partial charge is 0.399 e. The van der Waals surface area contributed by atoms with Crippen LogP contribution in [0.25, 0.3) is 0 Å². The smallest absolute Gasteiger partial charge is 0.0346 e. The minimum atomic E-state index is 0.266. The monoisotopic (exact) mass is 178 g/mol. The first-order valence-electron chi connectivity index (χ1n) is 4.70. The van der Waals surface area contributed by atoms with E-state index in [1.807, 2.05) is 19.9 Å². The SMILES string of the molecule is Cc1ccc(CCC(C)N)cc1N. The van der Waals surface area contributed by atoms with Crippen LogP contribution in [0.2, 0.25) is 0 Å². The van der Waals surface area contributed by atoms with Gasteiger partial charge in [-0.15, -0.1) is 0 Å². The van der Waals surface area contributed by atoms with Gasteiger partial charge in [0.15, 0.2) is 0 Å². The Hall–Kier alpha value is -1.02. The van der Waals surface area contributed by atoms with E-state index in [-0.39, 0.29) is 6.04 Å². The predicted molar refractivity (Wildman–Crippen MR) is 57.6 cm³/mol. The third kappa shape index (κ3) is 3.07. The van der Waals surface area contributed by atoms with E-state index in [1.54, 1.807) is 0 Å². The van der Waals surface area contributed by atoms with Crippen LogP contribution < -0.4 is 11.5 Å². The Labute approximate surface area is 79.9 Å². The lowest BCUT2D eigenvalue weighted by atomic mass is 10.0. The van der Waals surface area contributed by atoms with Gasteiger partial charge >= 0.3 is 0 Å². The molecule has 0 radical (unpaired) electrons. The van der Waals surface area contributed by atoms with Gasteiger partial charge in [-0.05, 0) is 43.9 Å². The van der Waals surface area contributed by atoms with Crippen LogP contribution in [0.3, 0.4) is 0 Å². The number of nitrogens with two attached hydrogens (primary N) is 2. The molecule has 0 aliphatic carbocycles. The number of benzene rings is 1. The summed E-state index contributed by atoms with van der Waals surface area (Å²) in [5.74, 6) is 0. The average Bonchev–Trinajstić information content (AvgIpc) is 2.07. The molecule has 0 fully saturated rings. The third-order valence-electron chi connectivity index (χ3n) is 2.23. The number of hydrogen-bond acceptors (Lipinski definition) is 2. The van der Waals surface area contributed by atoms with Crippen molar-refractivity contribution in [2.75, 3.05) is 5.73 Å². The lowest BCUT2D eigenvalue weighted by molar-refractivity contribution is 0.666. The molecule has 1 aromatic rings. The summed E-state index contributed by atoms with van der Waals surface area (Å²) in [4.78, 5) is 0. The molecule has 0 saturated heterocycles. The molecule has 0 amide bonds. The maximum atomic E-state index is 5.80. The van der Waals surface area contributed by atoms with Gasteiger partial charge in [-0.2, -0.15) is 0 Å². The molecule has 2 nitrogen and oxygen atoms in total. The Morgan fingerprint density at radius 1 is 1.38 bits per heavy atom. The first-order chi connectivity index (χ1) is 6.09. The van der Waals surface area contributed by atoms with E-state index in [9.17, 15) is 0 Å². The van der Waals surface area contributed by atoms with E-state index in [1.165, 1.54) is 5.56 Å². The van der Waals surface area contributed by atoms with E-state index in [0.717, 1.165) is 24.1 Å². The molecule has 1 atom stereocenters. The number of hydrogen-bond donors (Lipinski definition) is 2. The Balaban J connectivity index is 2.63. The summed E-state index contributed by atoms with van der Waals surface area (Å²) in [6, 6.07) is 6.49. The van der Waals surface area contributed by atoms with Crippen LogP contribution in [0.5, 0.6) is 0 Å². The second-order valence-electron chi connectivity index (χ2n) is 3.71. The van der Waals surface area contributed by atoms with Gasteiger partial charge in [0.2, 0.25) is 0 Å². The zero-order valence-corrected chi connectivity index (χ0v) is 8.38. The number of anilines is 1. The van der Waals surface area contributed by atoms with Gasteiger partial charge in [0.05, 0.1) is 0 Å². The van der Waals surface area contributed by atoms with Crippen molar-refractivity contribution in [3.05, 3.63) is 29.3 Å². The lowest BCUT2D eigenvalue weighted by Gasteiger charge is -2.06. The Morgan fingerprint density at radius 2 is 2.08 bits per heavy atom. The molecule has 1 aromatic carbocycles. The van der Waals surface area contributed by atoms with Crippen molar-refractivity contribution in [2.24, 2.45) is 5.73 Å². The highest BCUT2D eigenvalue weighted by molar-refractivity contribution is 5.48. The Bertz CT molecular complexity index is 279. The number of rotatable bonds is 3. The van der Waals surface area contributed by atoms with E-state index in [2.05, 4.69) is 12.1 Å². The molecule has 0 heterocycles. The molecule has 4 N–H and O–H groups in total. The van der Waals surface area contributed by atoms with Crippen LogP contribution >= 0.6 is 0 Å². The van der Waals surface area contributed by atoms with E-state index >= 15 is 0 Å². The van der Waals surface area contributed by atoms with Crippen LogP contribution in [0.15, 0.2) is 18.2 Å². The summed E-state index contributed by atoms with van der Waals surface area (Å²) < 4.78 is 0. The highest BCUT2D eigenvalue weighted by atomic mass is 14.6. The fraction of sp³-hybridized carbons (Fsp3) is 0.455. The van der Waals surface area contributed by atoms with E-state index in [0.29, 0.717) is 0 Å². The average molecular weight is 178 g/mol. The number of aryl methyl sites for hydroxylation is 2. The molecule has 0 aromatic heterocycles. The van der Waals surface area contributed by atoms with Crippen molar-refractivity contribution in [3.63, 3.8) is 0 Å². The Kier molecular flexibility index (Phi) is 3.32. The highest BCUT2D eigenvalue weighted by Crippen LogP contribution is 2.14. The molecular weight excluding hydrogens is 160 g/mol. The van der Waals surface area contributed by atoms with Gasteiger partial charge in [-0.25, -0.2) is 0 Å². The first kappa shape index (κ1) is 10.1. The van der Waals surface area contributed by atoms with Crippen LogP contribution in [-0.4, -0.2) is 6.04 Å². The van der Waals surface area contributed by atoms with Crippen LogP contribution in [0, 0.1) is 6.92 Å². The summed E-state index contributed by atoms with van der Waals surface area (Å²) in [6.45, 7) is 4.04. The normalized spacial score (nSPS) is 12.8. The van der Waals surface area contributed by atoms with Crippen molar-refractivity contribution >= 4 is 5.69 Å². The molecule has 0 aliphatic rings. The van der Waals surface area contributed by atoms with Gasteiger partial charge < -0.3 is 11.5 Å². The molecule has 0 bridgehead atoms. The summed E-state index contributed by atoms with van der Waals surface area (Å²) >= 11 is 0. The van der Waals surface area contributed by atoms with Crippen LogP contribution in [0.1, 0.15) is 24.5 Å². The van der Waals surface area contributed by atoms with Crippen molar-refractivity contribution < 1.29 is 0 Å². The highest BCUT2D eigenvalue weighted by Gasteiger charge is 1.99. The predicted octanol–water partition coefficient (Wildman–Crippen LogP) is 1.86. The van der Waals surface area contributed by atoms with Crippen molar-refractivity contribution in [3.8, 4) is 0 Å². The van der Waals surface area contributed by atoms with Crippen LogP contribution in [-0.2, 0) is 6.42 Å². The first-order valence-corrected chi connectivity index (χ1v) is 4.70. The maximum absolute atomic E-state index is 5.80. The third-order valence-corrected chi connectivity index (χ3v) is 2.23. The maximum Gasteiger partial charge on any atom is 0.0346 e. The van der Waals surface area contributed by atoms with Crippen LogP contribution in [0.4, 0.5) is 5.69 Å². The zero-order valence-electron chi connectivity index (χ0n) is 8.38. The molecule has 1 unspecified atom stereocenters. The second-order valence-corrected chi connectivity index (χ2v) is 3.71. The second kappa shape index (κ2) is 4.28. The molecule has 2 heteroatoms.